The summed E-state index contributed by atoms with van der Waals surface area (Å²) in [7, 11) is 1.49. The number of halogens is 1. The van der Waals surface area contributed by atoms with Crippen molar-refractivity contribution in [3.8, 4) is 22.9 Å². The summed E-state index contributed by atoms with van der Waals surface area (Å²) < 4.78 is 12.8. The van der Waals surface area contributed by atoms with Crippen LogP contribution in [0.15, 0.2) is 24.5 Å². The lowest BCUT2D eigenvalue weighted by molar-refractivity contribution is 0.0974. The fourth-order valence-corrected chi connectivity index (χ4v) is 2.79. The SMILES string of the molecule is COc1cc(-c2nccn2C[C@H]2CCCO2)cc(Cl)c1O. The molecule has 0 amide bonds. The summed E-state index contributed by atoms with van der Waals surface area (Å²) in [4.78, 5) is 4.39. The number of aromatic nitrogens is 2. The second-order valence-corrected chi connectivity index (χ2v) is 5.45. The minimum absolute atomic E-state index is 0.0554. The lowest BCUT2D eigenvalue weighted by Crippen LogP contribution is -2.15. The highest BCUT2D eigenvalue weighted by atomic mass is 35.5. The Kier molecular flexibility index (Phi) is 4.03. The number of phenols is 1. The van der Waals surface area contributed by atoms with Crippen LogP contribution in [0.1, 0.15) is 12.8 Å². The van der Waals surface area contributed by atoms with Gasteiger partial charge in [0.1, 0.15) is 5.82 Å². The molecule has 112 valence electrons. The van der Waals surface area contributed by atoms with E-state index in [1.165, 1.54) is 7.11 Å². The molecule has 1 aliphatic rings. The summed E-state index contributed by atoms with van der Waals surface area (Å²) in [5.74, 6) is 1.06. The number of phenolic OH excluding ortho intramolecular Hbond substituents is 1. The predicted molar refractivity (Wildman–Crippen MR) is 79.9 cm³/mol. The van der Waals surface area contributed by atoms with E-state index in [2.05, 4.69) is 4.98 Å². The van der Waals surface area contributed by atoms with Crippen molar-refractivity contribution in [2.75, 3.05) is 13.7 Å². The first-order valence-corrected chi connectivity index (χ1v) is 7.26. The Hall–Kier alpha value is -1.72. The molecule has 1 aromatic carbocycles. The lowest BCUT2D eigenvalue weighted by atomic mass is 10.1. The first kappa shape index (κ1) is 14.2. The largest absolute Gasteiger partial charge is 0.503 e. The van der Waals surface area contributed by atoms with Crippen molar-refractivity contribution < 1.29 is 14.6 Å². The smallest absolute Gasteiger partial charge is 0.176 e. The van der Waals surface area contributed by atoms with Crippen LogP contribution in [0.5, 0.6) is 11.5 Å². The molecule has 1 aromatic heterocycles. The van der Waals surface area contributed by atoms with Gasteiger partial charge in [-0.05, 0) is 25.0 Å². The molecule has 0 radical (unpaired) electrons. The van der Waals surface area contributed by atoms with Gasteiger partial charge < -0.3 is 19.1 Å². The maximum atomic E-state index is 9.81. The molecular weight excluding hydrogens is 292 g/mol. The highest BCUT2D eigenvalue weighted by Crippen LogP contribution is 2.38. The van der Waals surface area contributed by atoms with Gasteiger partial charge in [-0.3, -0.25) is 0 Å². The molecule has 0 unspecified atom stereocenters. The zero-order chi connectivity index (χ0) is 14.8. The molecule has 21 heavy (non-hydrogen) atoms. The maximum Gasteiger partial charge on any atom is 0.176 e. The predicted octanol–water partition coefficient (Wildman–Crippen LogP) is 3.10. The van der Waals surface area contributed by atoms with Gasteiger partial charge in [0.05, 0.1) is 24.8 Å². The molecule has 6 heteroatoms. The maximum absolute atomic E-state index is 9.81. The van der Waals surface area contributed by atoms with Crippen molar-refractivity contribution in [3.63, 3.8) is 0 Å². The van der Waals surface area contributed by atoms with Crippen LogP contribution in [-0.2, 0) is 11.3 Å². The van der Waals surface area contributed by atoms with E-state index in [1.54, 1.807) is 18.3 Å². The normalized spacial score (nSPS) is 18.1. The van der Waals surface area contributed by atoms with Gasteiger partial charge in [0, 0.05) is 24.6 Å². The molecular formula is C15H17ClN2O3. The molecule has 0 aliphatic carbocycles. The van der Waals surface area contributed by atoms with Crippen LogP contribution in [0.25, 0.3) is 11.4 Å². The molecule has 1 aliphatic heterocycles. The van der Waals surface area contributed by atoms with Crippen LogP contribution >= 0.6 is 11.6 Å². The third kappa shape index (κ3) is 2.84. The van der Waals surface area contributed by atoms with Crippen LogP contribution in [0.2, 0.25) is 5.02 Å². The van der Waals surface area contributed by atoms with E-state index in [0.29, 0.717) is 5.75 Å². The molecule has 2 aromatic rings. The molecule has 2 heterocycles. The van der Waals surface area contributed by atoms with Crippen molar-refractivity contribution in [2.24, 2.45) is 0 Å². The third-order valence-corrected chi connectivity index (χ3v) is 3.93. The monoisotopic (exact) mass is 308 g/mol. The number of rotatable bonds is 4. The van der Waals surface area contributed by atoms with Gasteiger partial charge in [0.15, 0.2) is 11.5 Å². The van der Waals surface area contributed by atoms with E-state index >= 15 is 0 Å². The number of nitrogens with zero attached hydrogens (tertiary/aromatic N) is 2. The lowest BCUT2D eigenvalue weighted by Gasteiger charge is -2.14. The number of aromatic hydroxyl groups is 1. The minimum atomic E-state index is -0.0554. The molecule has 5 nitrogen and oxygen atoms in total. The van der Waals surface area contributed by atoms with Gasteiger partial charge in [-0.2, -0.15) is 0 Å². The molecule has 0 spiro atoms. The first-order valence-electron chi connectivity index (χ1n) is 6.88. The molecule has 1 N–H and O–H groups in total. The Bertz CT molecular complexity index is 636. The first-order chi connectivity index (χ1) is 10.2. The fourth-order valence-electron chi connectivity index (χ4n) is 2.58. The van der Waals surface area contributed by atoms with Crippen molar-refractivity contribution in [3.05, 3.63) is 29.5 Å². The van der Waals surface area contributed by atoms with Crippen LogP contribution in [0.3, 0.4) is 0 Å². The minimum Gasteiger partial charge on any atom is -0.503 e. The van der Waals surface area contributed by atoms with E-state index in [9.17, 15) is 5.11 Å². The van der Waals surface area contributed by atoms with Crippen LogP contribution in [0, 0.1) is 0 Å². The van der Waals surface area contributed by atoms with Crippen LogP contribution < -0.4 is 4.74 Å². The van der Waals surface area contributed by atoms with Crippen molar-refractivity contribution in [2.45, 2.75) is 25.5 Å². The number of imidazole rings is 1. The van der Waals surface area contributed by atoms with Gasteiger partial charge in [-0.1, -0.05) is 11.6 Å². The van der Waals surface area contributed by atoms with Crippen molar-refractivity contribution >= 4 is 11.6 Å². The van der Waals surface area contributed by atoms with Gasteiger partial charge in [0.2, 0.25) is 0 Å². The molecule has 0 bridgehead atoms. The topological polar surface area (TPSA) is 56.5 Å². The Morgan fingerprint density at radius 2 is 2.38 bits per heavy atom. The highest BCUT2D eigenvalue weighted by molar-refractivity contribution is 6.32. The van der Waals surface area contributed by atoms with Crippen molar-refractivity contribution in [1.29, 1.82) is 0 Å². The third-order valence-electron chi connectivity index (χ3n) is 3.65. The average Bonchev–Trinajstić information content (AvgIpc) is 3.14. The second kappa shape index (κ2) is 5.95. The fraction of sp³-hybridized carbons (Fsp3) is 0.400. The van der Waals surface area contributed by atoms with Gasteiger partial charge >= 0.3 is 0 Å². The zero-order valence-electron chi connectivity index (χ0n) is 11.8. The molecule has 1 fully saturated rings. The van der Waals surface area contributed by atoms with Crippen LogP contribution in [0.4, 0.5) is 0 Å². The van der Waals surface area contributed by atoms with Gasteiger partial charge in [-0.15, -0.1) is 0 Å². The summed E-state index contributed by atoms with van der Waals surface area (Å²) in [5, 5.41) is 10.1. The van der Waals surface area contributed by atoms with Gasteiger partial charge in [0.25, 0.3) is 0 Å². The van der Waals surface area contributed by atoms with E-state index in [1.807, 2.05) is 10.8 Å². The molecule has 0 saturated carbocycles. The summed E-state index contributed by atoms with van der Waals surface area (Å²) in [5.41, 5.74) is 0.803. The van der Waals surface area contributed by atoms with Gasteiger partial charge in [-0.25, -0.2) is 4.98 Å². The number of benzene rings is 1. The summed E-state index contributed by atoms with van der Waals surface area (Å²) in [6, 6.07) is 3.42. The Labute approximate surface area is 128 Å². The Morgan fingerprint density at radius 3 is 3.10 bits per heavy atom. The standard InChI is InChI=1S/C15H17ClN2O3/c1-20-13-8-10(7-12(16)14(13)19)15-17-4-5-18(15)9-11-3-2-6-21-11/h4-5,7-8,11,19H,2-3,6,9H2,1H3/t11-/m1/s1. The summed E-state index contributed by atoms with van der Waals surface area (Å²) in [6.45, 7) is 1.59. The zero-order valence-corrected chi connectivity index (χ0v) is 12.5. The summed E-state index contributed by atoms with van der Waals surface area (Å²) in [6.07, 6.45) is 6.07. The number of methoxy groups -OCH3 is 1. The molecule has 1 atom stereocenters. The number of hydrogen-bond donors (Lipinski definition) is 1. The van der Waals surface area contributed by atoms with E-state index < -0.39 is 0 Å². The Balaban J connectivity index is 1.93. The molecule has 1 saturated heterocycles. The second-order valence-electron chi connectivity index (χ2n) is 5.05. The number of ether oxygens (including phenoxy) is 2. The van der Waals surface area contributed by atoms with Crippen LogP contribution in [-0.4, -0.2) is 34.5 Å². The Morgan fingerprint density at radius 1 is 1.52 bits per heavy atom. The highest BCUT2D eigenvalue weighted by Gasteiger charge is 2.19. The molecule has 3 rings (SSSR count). The van der Waals surface area contributed by atoms with E-state index in [0.717, 1.165) is 37.4 Å². The number of hydrogen-bond acceptors (Lipinski definition) is 4. The van der Waals surface area contributed by atoms with E-state index in [4.69, 9.17) is 21.1 Å². The van der Waals surface area contributed by atoms with E-state index in [-0.39, 0.29) is 16.9 Å². The average molecular weight is 309 g/mol. The quantitative estimate of drug-likeness (QED) is 0.943. The van der Waals surface area contributed by atoms with Crippen molar-refractivity contribution in [1.82, 2.24) is 9.55 Å². The summed E-state index contributed by atoms with van der Waals surface area (Å²) >= 11 is 6.05.